The summed E-state index contributed by atoms with van der Waals surface area (Å²) in [5.74, 6) is -0.289. The van der Waals surface area contributed by atoms with Gasteiger partial charge in [-0.1, -0.05) is 12.8 Å². The molecule has 8 heteroatoms. The lowest BCUT2D eigenvalue weighted by Crippen LogP contribution is -2.43. The van der Waals surface area contributed by atoms with E-state index in [4.69, 9.17) is 0 Å². The smallest absolute Gasteiger partial charge is 0.320 e. The predicted octanol–water partition coefficient (Wildman–Crippen LogP) is 1.51. The Hall–Kier alpha value is -1.96. The Labute approximate surface area is 127 Å². The first-order valence-corrected chi connectivity index (χ1v) is 7.71. The summed E-state index contributed by atoms with van der Waals surface area (Å²) in [6.45, 7) is 1.04. The summed E-state index contributed by atoms with van der Waals surface area (Å²) in [5.41, 5.74) is -0.0354. The number of hydrogen-bond acceptors (Lipinski definition) is 5. The third-order valence-corrected chi connectivity index (χ3v) is 4.92. The van der Waals surface area contributed by atoms with E-state index in [1.165, 1.54) is 23.5 Å². The van der Waals surface area contributed by atoms with Gasteiger partial charge in [-0.2, -0.15) is 5.10 Å². The van der Waals surface area contributed by atoms with E-state index in [0.717, 1.165) is 25.7 Å². The summed E-state index contributed by atoms with van der Waals surface area (Å²) in [7, 11) is 0. The van der Waals surface area contributed by atoms with Gasteiger partial charge in [0.05, 0.1) is 11.5 Å². The van der Waals surface area contributed by atoms with Crippen LogP contribution in [0.15, 0.2) is 12.4 Å². The number of aliphatic carboxylic acids is 1. The van der Waals surface area contributed by atoms with Gasteiger partial charge < -0.3 is 5.11 Å². The Bertz CT molecular complexity index is 573. The Morgan fingerprint density at radius 3 is 2.86 bits per heavy atom. The summed E-state index contributed by atoms with van der Waals surface area (Å²) in [5, 5.41) is 24.1. The summed E-state index contributed by atoms with van der Waals surface area (Å²) in [4.78, 5) is 23.8. The van der Waals surface area contributed by atoms with Gasteiger partial charge in [-0.05, 0) is 25.2 Å². The molecule has 1 saturated heterocycles. The number of rotatable bonds is 5. The molecule has 8 nitrogen and oxygen atoms in total. The number of carboxylic acids is 1. The number of aromatic nitrogens is 2. The number of carbonyl (C=O) groups is 1. The molecule has 1 N–H and O–H groups in total. The van der Waals surface area contributed by atoms with Crippen molar-refractivity contribution in [1.29, 1.82) is 0 Å². The first kappa shape index (κ1) is 15.0. The molecule has 2 fully saturated rings. The SMILES string of the molecule is O=C(O)C1CC2CCCCC2N1CCn1cc([N+](=O)[O-])cn1. The average molecular weight is 308 g/mol. The zero-order valence-corrected chi connectivity index (χ0v) is 12.3. The molecular formula is C14H20N4O4. The molecule has 2 aliphatic rings. The molecule has 0 amide bonds. The lowest BCUT2D eigenvalue weighted by molar-refractivity contribution is -0.385. The fourth-order valence-electron chi connectivity index (χ4n) is 3.90. The number of likely N-dealkylation sites (tertiary alicyclic amines) is 1. The van der Waals surface area contributed by atoms with Crippen molar-refractivity contribution in [3.8, 4) is 0 Å². The zero-order valence-electron chi connectivity index (χ0n) is 12.3. The maximum atomic E-state index is 11.5. The quantitative estimate of drug-likeness (QED) is 0.653. The van der Waals surface area contributed by atoms with E-state index in [9.17, 15) is 20.0 Å². The van der Waals surface area contributed by atoms with E-state index in [1.807, 2.05) is 0 Å². The van der Waals surface area contributed by atoms with Gasteiger partial charge in [-0.25, -0.2) is 0 Å². The summed E-state index contributed by atoms with van der Waals surface area (Å²) >= 11 is 0. The number of nitrogens with zero attached hydrogens (tertiary/aromatic N) is 4. The van der Waals surface area contributed by atoms with Crippen molar-refractivity contribution in [2.24, 2.45) is 5.92 Å². The molecule has 1 aliphatic carbocycles. The molecule has 3 unspecified atom stereocenters. The van der Waals surface area contributed by atoms with Crippen LogP contribution in [0.25, 0.3) is 0 Å². The Balaban J connectivity index is 1.67. The lowest BCUT2D eigenvalue weighted by atomic mass is 9.85. The largest absolute Gasteiger partial charge is 0.480 e. The van der Waals surface area contributed by atoms with Crippen molar-refractivity contribution < 1.29 is 14.8 Å². The van der Waals surface area contributed by atoms with Crippen LogP contribution in [-0.2, 0) is 11.3 Å². The molecule has 3 atom stereocenters. The van der Waals surface area contributed by atoms with Gasteiger partial charge in [0, 0.05) is 12.6 Å². The Morgan fingerprint density at radius 2 is 2.18 bits per heavy atom. The van der Waals surface area contributed by atoms with Gasteiger partial charge in [0.2, 0.25) is 0 Å². The summed E-state index contributed by atoms with van der Waals surface area (Å²) in [6, 6.07) is -0.0981. The van der Waals surface area contributed by atoms with Gasteiger partial charge in [-0.15, -0.1) is 0 Å². The second-order valence-corrected chi connectivity index (χ2v) is 6.16. The Kier molecular flexibility index (Phi) is 4.10. The fourth-order valence-corrected chi connectivity index (χ4v) is 3.90. The van der Waals surface area contributed by atoms with E-state index in [0.29, 0.717) is 25.0 Å². The highest BCUT2D eigenvalue weighted by Gasteiger charge is 2.44. The predicted molar refractivity (Wildman–Crippen MR) is 77.4 cm³/mol. The third kappa shape index (κ3) is 2.83. The van der Waals surface area contributed by atoms with Crippen molar-refractivity contribution in [1.82, 2.24) is 14.7 Å². The minimum Gasteiger partial charge on any atom is -0.480 e. The zero-order chi connectivity index (χ0) is 15.7. The topological polar surface area (TPSA) is 102 Å². The van der Waals surface area contributed by atoms with Crippen LogP contribution in [0.5, 0.6) is 0 Å². The van der Waals surface area contributed by atoms with E-state index < -0.39 is 16.9 Å². The third-order valence-electron chi connectivity index (χ3n) is 4.92. The maximum Gasteiger partial charge on any atom is 0.320 e. The average Bonchev–Trinajstić information content (AvgIpc) is 3.09. The molecule has 120 valence electrons. The van der Waals surface area contributed by atoms with Crippen LogP contribution in [0.2, 0.25) is 0 Å². The van der Waals surface area contributed by atoms with Crippen LogP contribution in [0, 0.1) is 16.0 Å². The molecule has 0 bridgehead atoms. The molecule has 1 aliphatic heterocycles. The second-order valence-electron chi connectivity index (χ2n) is 6.16. The minimum atomic E-state index is -0.763. The van der Waals surface area contributed by atoms with Crippen LogP contribution in [0.1, 0.15) is 32.1 Å². The lowest BCUT2D eigenvalue weighted by Gasteiger charge is -2.32. The van der Waals surface area contributed by atoms with E-state index >= 15 is 0 Å². The molecule has 2 heterocycles. The molecule has 3 rings (SSSR count). The molecular weight excluding hydrogens is 288 g/mol. The van der Waals surface area contributed by atoms with Gasteiger partial charge in [0.1, 0.15) is 18.4 Å². The van der Waals surface area contributed by atoms with Crippen LogP contribution in [-0.4, -0.2) is 49.3 Å². The van der Waals surface area contributed by atoms with Crippen LogP contribution < -0.4 is 0 Å². The summed E-state index contributed by atoms with van der Waals surface area (Å²) in [6.07, 6.45) is 7.83. The minimum absolute atomic E-state index is 0.0354. The number of hydrogen-bond donors (Lipinski definition) is 1. The molecule has 0 aromatic carbocycles. The van der Waals surface area contributed by atoms with Gasteiger partial charge in [0.15, 0.2) is 0 Å². The van der Waals surface area contributed by atoms with E-state index in [-0.39, 0.29) is 5.69 Å². The van der Waals surface area contributed by atoms with Crippen molar-refractivity contribution in [2.75, 3.05) is 6.54 Å². The van der Waals surface area contributed by atoms with E-state index in [1.54, 1.807) is 0 Å². The molecule has 1 aromatic rings. The van der Waals surface area contributed by atoms with E-state index in [2.05, 4.69) is 10.00 Å². The molecule has 1 aromatic heterocycles. The maximum absolute atomic E-state index is 11.5. The molecule has 0 radical (unpaired) electrons. The Morgan fingerprint density at radius 1 is 1.41 bits per heavy atom. The normalized spacial score (nSPS) is 28.5. The number of nitro groups is 1. The standard InChI is InChI=1S/C14H20N4O4/c19-14(20)13-7-10-3-1-2-4-12(10)17(13)6-5-16-9-11(8-15-16)18(21)22/h8-10,12-13H,1-7H2,(H,19,20). The van der Waals surface area contributed by atoms with Crippen LogP contribution >= 0.6 is 0 Å². The van der Waals surface area contributed by atoms with Gasteiger partial charge >= 0.3 is 11.7 Å². The first-order chi connectivity index (χ1) is 10.6. The van der Waals surface area contributed by atoms with Crippen molar-refractivity contribution in [2.45, 2.75) is 50.7 Å². The highest BCUT2D eigenvalue weighted by atomic mass is 16.6. The van der Waals surface area contributed by atoms with Crippen LogP contribution in [0.4, 0.5) is 5.69 Å². The fraction of sp³-hybridized carbons (Fsp3) is 0.714. The van der Waals surface area contributed by atoms with Crippen LogP contribution in [0.3, 0.4) is 0 Å². The monoisotopic (exact) mass is 308 g/mol. The first-order valence-electron chi connectivity index (χ1n) is 7.71. The van der Waals surface area contributed by atoms with Gasteiger partial charge in [0.25, 0.3) is 0 Å². The molecule has 0 spiro atoms. The van der Waals surface area contributed by atoms with Crippen molar-refractivity contribution in [3.05, 3.63) is 22.5 Å². The number of carboxylic acid groups (broad SMARTS) is 1. The second kappa shape index (κ2) is 6.04. The highest BCUT2D eigenvalue weighted by molar-refractivity contribution is 5.74. The molecule has 22 heavy (non-hydrogen) atoms. The van der Waals surface area contributed by atoms with Gasteiger partial charge in [-0.3, -0.25) is 24.5 Å². The number of fused-ring (bicyclic) bond motifs is 1. The van der Waals surface area contributed by atoms with Crippen molar-refractivity contribution in [3.63, 3.8) is 0 Å². The highest BCUT2D eigenvalue weighted by Crippen LogP contribution is 2.39. The summed E-state index contributed by atoms with van der Waals surface area (Å²) < 4.78 is 1.52. The van der Waals surface area contributed by atoms with Crippen molar-refractivity contribution >= 4 is 11.7 Å². The molecule has 1 saturated carbocycles.